The lowest BCUT2D eigenvalue weighted by atomic mass is 10.1. The lowest BCUT2D eigenvalue weighted by Gasteiger charge is -2.12. The van der Waals surface area contributed by atoms with E-state index in [4.69, 9.17) is 9.72 Å². The number of pyridine rings is 1. The fourth-order valence-electron chi connectivity index (χ4n) is 3.24. The van der Waals surface area contributed by atoms with Gasteiger partial charge in [-0.05, 0) is 55.6 Å². The first-order valence-electron chi connectivity index (χ1n) is 10.5. The molecule has 0 unspecified atom stereocenters. The average molecular weight is 464 g/mol. The van der Waals surface area contributed by atoms with Crippen molar-refractivity contribution in [1.82, 2.24) is 19.7 Å². The molecular formula is C24H25N5O3S. The lowest BCUT2D eigenvalue weighted by molar-refractivity contribution is -0.130. The van der Waals surface area contributed by atoms with Crippen LogP contribution in [0.2, 0.25) is 0 Å². The van der Waals surface area contributed by atoms with Crippen LogP contribution in [0.25, 0.3) is 21.6 Å². The molecule has 0 aliphatic carbocycles. The normalized spacial score (nSPS) is 11.1. The number of amides is 2. The maximum Gasteiger partial charge on any atom is 0.259 e. The van der Waals surface area contributed by atoms with Crippen molar-refractivity contribution in [3.05, 3.63) is 59.6 Å². The van der Waals surface area contributed by atoms with E-state index >= 15 is 0 Å². The molecule has 0 radical (unpaired) electrons. The smallest absolute Gasteiger partial charge is 0.259 e. The van der Waals surface area contributed by atoms with Crippen molar-refractivity contribution in [3.8, 4) is 16.3 Å². The van der Waals surface area contributed by atoms with Crippen molar-refractivity contribution in [2.24, 2.45) is 0 Å². The number of anilines is 1. The van der Waals surface area contributed by atoms with E-state index in [1.54, 1.807) is 62.0 Å². The molecule has 1 N–H and O–H groups in total. The molecule has 0 fully saturated rings. The highest BCUT2D eigenvalue weighted by Crippen LogP contribution is 2.29. The molecule has 0 aliphatic rings. The van der Waals surface area contributed by atoms with Gasteiger partial charge in [0.15, 0.2) is 12.3 Å². The summed E-state index contributed by atoms with van der Waals surface area (Å²) >= 11 is 1.57. The number of carbonyl (C=O) groups is 2. The van der Waals surface area contributed by atoms with Crippen LogP contribution in [0.15, 0.2) is 54.0 Å². The summed E-state index contributed by atoms with van der Waals surface area (Å²) in [5.41, 5.74) is 2.53. The fraction of sp³-hybridized carbons (Fsp3) is 0.250. The molecule has 8 nitrogen and oxygen atoms in total. The third-order valence-corrected chi connectivity index (χ3v) is 5.94. The van der Waals surface area contributed by atoms with Gasteiger partial charge in [-0.3, -0.25) is 9.59 Å². The zero-order chi connectivity index (χ0) is 23.5. The summed E-state index contributed by atoms with van der Waals surface area (Å²) < 4.78 is 7.32. The highest BCUT2D eigenvalue weighted by atomic mass is 32.1. The van der Waals surface area contributed by atoms with Crippen molar-refractivity contribution in [2.45, 2.75) is 19.9 Å². The Bertz CT molecular complexity index is 1280. The third kappa shape index (κ3) is 4.88. The molecule has 0 spiro atoms. The van der Waals surface area contributed by atoms with E-state index in [0.717, 1.165) is 10.6 Å². The second kappa shape index (κ2) is 9.41. The monoisotopic (exact) mass is 463 g/mol. The molecule has 4 rings (SSSR count). The van der Waals surface area contributed by atoms with Crippen molar-refractivity contribution >= 4 is 39.9 Å². The number of rotatable bonds is 7. The van der Waals surface area contributed by atoms with Crippen LogP contribution >= 0.6 is 11.3 Å². The Balaban J connectivity index is 1.59. The number of nitrogens with zero attached hydrogens (tertiary/aromatic N) is 4. The Morgan fingerprint density at radius 1 is 1.18 bits per heavy atom. The largest absolute Gasteiger partial charge is 0.484 e. The van der Waals surface area contributed by atoms with Gasteiger partial charge in [-0.15, -0.1) is 11.3 Å². The van der Waals surface area contributed by atoms with E-state index in [-0.39, 0.29) is 24.5 Å². The molecule has 3 aromatic heterocycles. The van der Waals surface area contributed by atoms with Gasteiger partial charge in [0, 0.05) is 25.8 Å². The van der Waals surface area contributed by atoms with Gasteiger partial charge in [-0.25, -0.2) is 9.67 Å². The van der Waals surface area contributed by atoms with Crippen molar-refractivity contribution in [3.63, 3.8) is 0 Å². The van der Waals surface area contributed by atoms with Gasteiger partial charge in [0.1, 0.15) is 5.75 Å². The van der Waals surface area contributed by atoms with E-state index in [2.05, 4.69) is 10.4 Å². The molecule has 1 aromatic carbocycles. The molecule has 0 saturated carbocycles. The molecule has 0 aliphatic heterocycles. The minimum absolute atomic E-state index is 0.0426. The molecule has 170 valence electrons. The molecule has 3 heterocycles. The summed E-state index contributed by atoms with van der Waals surface area (Å²) in [7, 11) is 3.35. The van der Waals surface area contributed by atoms with Gasteiger partial charge in [-0.2, -0.15) is 5.10 Å². The maximum absolute atomic E-state index is 13.2. The molecule has 2 amide bonds. The number of likely N-dealkylation sites (N-methyl/N-ethyl adjacent to an activating group) is 1. The van der Waals surface area contributed by atoms with Gasteiger partial charge in [-0.1, -0.05) is 6.07 Å². The summed E-state index contributed by atoms with van der Waals surface area (Å²) in [4.78, 5) is 32.2. The van der Waals surface area contributed by atoms with E-state index < -0.39 is 0 Å². The number of nitrogens with one attached hydrogen (secondary N) is 1. The Kier molecular flexibility index (Phi) is 6.41. The predicted molar refractivity (Wildman–Crippen MR) is 130 cm³/mol. The first kappa shape index (κ1) is 22.5. The molecular weight excluding hydrogens is 438 g/mol. The Morgan fingerprint density at radius 3 is 2.58 bits per heavy atom. The molecule has 4 aromatic rings. The van der Waals surface area contributed by atoms with Crippen LogP contribution in [0.3, 0.4) is 0 Å². The number of fused-ring (bicyclic) bond motifs is 1. The topological polar surface area (TPSA) is 89.3 Å². The van der Waals surface area contributed by atoms with Crippen LogP contribution in [0.1, 0.15) is 30.2 Å². The van der Waals surface area contributed by atoms with E-state index in [1.165, 1.54) is 4.90 Å². The Labute approximate surface area is 195 Å². The van der Waals surface area contributed by atoms with Gasteiger partial charge >= 0.3 is 0 Å². The minimum atomic E-state index is -0.250. The standard InChI is InChI=1S/C24H25N5O3S/c1-15(2)29-23-19(13-25-29)18(12-20(27-23)21-6-5-11-33-21)24(31)26-16-7-9-17(10-8-16)32-14-22(30)28(3)4/h5-13,15H,14H2,1-4H3,(H,26,31). The zero-order valence-electron chi connectivity index (χ0n) is 18.9. The second-order valence-electron chi connectivity index (χ2n) is 8.01. The molecule has 9 heteroatoms. The van der Waals surface area contributed by atoms with Crippen LogP contribution in [0, 0.1) is 0 Å². The van der Waals surface area contributed by atoms with Gasteiger partial charge in [0.05, 0.1) is 27.7 Å². The molecule has 0 saturated heterocycles. The highest BCUT2D eigenvalue weighted by Gasteiger charge is 2.19. The predicted octanol–water partition coefficient (Wildman–Crippen LogP) is 4.46. The summed E-state index contributed by atoms with van der Waals surface area (Å²) in [6.07, 6.45) is 1.69. The number of thiophene rings is 1. The summed E-state index contributed by atoms with van der Waals surface area (Å²) in [5.74, 6) is 0.172. The summed E-state index contributed by atoms with van der Waals surface area (Å²) in [6.45, 7) is 4.02. The van der Waals surface area contributed by atoms with Crippen molar-refractivity contribution < 1.29 is 14.3 Å². The number of benzene rings is 1. The van der Waals surface area contributed by atoms with E-state index in [1.807, 2.05) is 36.0 Å². The van der Waals surface area contributed by atoms with Crippen LogP contribution in [-0.2, 0) is 4.79 Å². The number of hydrogen-bond donors (Lipinski definition) is 1. The van der Waals surface area contributed by atoms with Crippen LogP contribution in [-0.4, -0.2) is 52.2 Å². The van der Waals surface area contributed by atoms with Crippen molar-refractivity contribution in [2.75, 3.05) is 26.0 Å². The molecule has 33 heavy (non-hydrogen) atoms. The number of carbonyl (C=O) groups excluding carboxylic acids is 2. The lowest BCUT2D eigenvalue weighted by Crippen LogP contribution is -2.27. The number of ether oxygens (including phenoxy) is 1. The SMILES string of the molecule is CC(C)n1ncc2c(C(=O)Nc3ccc(OCC(=O)N(C)C)cc3)cc(-c3cccs3)nc21. The van der Waals surface area contributed by atoms with Gasteiger partial charge in [0.25, 0.3) is 11.8 Å². The summed E-state index contributed by atoms with van der Waals surface area (Å²) in [5, 5.41) is 10.1. The fourth-order valence-corrected chi connectivity index (χ4v) is 3.93. The zero-order valence-corrected chi connectivity index (χ0v) is 19.7. The quantitative estimate of drug-likeness (QED) is 0.437. The first-order chi connectivity index (χ1) is 15.8. The average Bonchev–Trinajstić information content (AvgIpc) is 3.47. The van der Waals surface area contributed by atoms with Crippen LogP contribution < -0.4 is 10.1 Å². The summed E-state index contributed by atoms with van der Waals surface area (Å²) in [6, 6.07) is 12.8. The maximum atomic E-state index is 13.2. The third-order valence-electron chi connectivity index (χ3n) is 5.05. The Morgan fingerprint density at radius 2 is 1.94 bits per heavy atom. The van der Waals surface area contributed by atoms with Gasteiger partial charge in [0.2, 0.25) is 0 Å². The van der Waals surface area contributed by atoms with E-state index in [9.17, 15) is 9.59 Å². The Hall–Kier alpha value is -3.72. The highest BCUT2D eigenvalue weighted by molar-refractivity contribution is 7.13. The van der Waals surface area contributed by atoms with E-state index in [0.29, 0.717) is 28.0 Å². The molecule has 0 atom stereocenters. The van der Waals surface area contributed by atoms with Crippen LogP contribution in [0.5, 0.6) is 5.75 Å². The first-order valence-corrected chi connectivity index (χ1v) is 11.4. The number of aromatic nitrogens is 3. The van der Waals surface area contributed by atoms with Crippen molar-refractivity contribution in [1.29, 1.82) is 0 Å². The van der Waals surface area contributed by atoms with Gasteiger partial charge < -0.3 is 15.0 Å². The minimum Gasteiger partial charge on any atom is -0.484 e. The van der Waals surface area contributed by atoms with Crippen LogP contribution in [0.4, 0.5) is 5.69 Å². The molecule has 0 bridgehead atoms. The number of hydrogen-bond acceptors (Lipinski definition) is 6. The second-order valence-corrected chi connectivity index (χ2v) is 8.96.